The smallest absolute Gasteiger partial charge is 0.137 e. The van der Waals surface area contributed by atoms with Crippen LogP contribution in [0.25, 0.3) is 0 Å². The minimum absolute atomic E-state index is 0.378. The van der Waals surface area contributed by atoms with Crippen LogP contribution in [0.15, 0.2) is 18.5 Å². The third-order valence-electron chi connectivity index (χ3n) is 3.81. The Kier molecular flexibility index (Phi) is 6.67. The highest BCUT2D eigenvalue weighted by atomic mass is 32.2. The molecule has 20 heavy (non-hydrogen) atoms. The van der Waals surface area contributed by atoms with Gasteiger partial charge in [-0.1, -0.05) is 19.8 Å². The molecule has 1 atom stereocenters. The Morgan fingerprint density at radius 3 is 2.90 bits per heavy atom. The van der Waals surface area contributed by atoms with E-state index in [-0.39, 0.29) is 0 Å². The van der Waals surface area contributed by atoms with Crippen molar-refractivity contribution in [1.82, 2.24) is 10.3 Å². The molecule has 1 N–H and O–H groups in total. The SMILES string of the molecule is CCCNC(CSC1CCCC1)c1cncc(OC)c1. The number of hydrogen-bond donors (Lipinski definition) is 1. The van der Waals surface area contributed by atoms with Crippen molar-refractivity contribution in [2.75, 3.05) is 19.4 Å². The van der Waals surface area contributed by atoms with E-state index in [0.29, 0.717) is 6.04 Å². The van der Waals surface area contributed by atoms with Crippen molar-refractivity contribution in [2.24, 2.45) is 0 Å². The van der Waals surface area contributed by atoms with Crippen LogP contribution in [-0.2, 0) is 0 Å². The zero-order valence-electron chi connectivity index (χ0n) is 12.6. The van der Waals surface area contributed by atoms with Gasteiger partial charge in [0.2, 0.25) is 0 Å². The lowest BCUT2D eigenvalue weighted by Crippen LogP contribution is -2.25. The first-order valence-corrected chi connectivity index (χ1v) is 8.72. The third-order valence-corrected chi connectivity index (χ3v) is 5.28. The van der Waals surface area contributed by atoms with Gasteiger partial charge in [-0.25, -0.2) is 0 Å². The number of hydrogen-bond acceptors (Lipinski definition) is 4. The first kappa shape index (κ1) is 15.6. The predicted molar refractivity (Wildman–Crippen MR) is 86.5 cm³/mol. The Morgan fingerprint density at radius 1 is 1.40 bits per heavy atom. The highest BCUT2D eigenvalue weighted by Gasteiger charge is 2.19. The lowest BCUT2D eigenvalue weighted by Gasteiger charge is -2.20. The molecular weight excluding hydrogens is 268 g/mol. The van der Waals surface area contributed by atoms with E-state index >= 15 is 0 Å². The maximum absolute atomic E-state index is 5.29. The van der Waals surface area contributed by atoms with Crippen molar-refractivity contribution in [3.05, 3.63) is 24.0 Å². The van der Waals surface area contributed by atoms with Crippen LogP contribution >= 0.6 is 11.8 Å². The molecule has 0 saturated heterocycles. The maximum atomic E-state index is 5.29. The van der Waals surface area contributed by atoms with E-state index in [0.717, 1.165) is 29.7 Å². The number of thioether (sulfide) groups is 1. The Bertz CT molecular complexity index is 394. The molecule has 112 valence electrons. The second-order valence-corrected chi connectivity index (χ2v) is 6.74. The maximum Gasteiger partial charge on any atom is 0.137 e. The standard InChI is InChI=1S/C16H26N2OS/c1-3-8-18-16(12-20-15-6-4-5-7-15)13-9-14(19-2)11-17-10-13/h9-11,15-16,18H,3-8,12H2,1-2H3. The average Bonchev–Trinajstić information content (AvgIpc) is 3.01. The third kappa shape index (κ3) is 4.67. The van der Waals surface area contributed by atoms with Gasteiger partial charge in [0.05, 0.1) is 13.3 Å². The fourth-order valence-electron chi connectivity index (χ4n) is 2.62. The highest BCUT2D eigenvalue weighted by Crippen LogP contribution is 2.32. The average molecular weight is 294 g/mol. The van der Waals surface area contributed by atoms with E-state index in [9.17, 15) is 0 Å². The van der Waals surface area contributed by atoms with Gasteiger partial charge in [-0.05, 0) is 37.4 Å². The van der Waals surface area contributed by atoms with Crippen molar-refractivity contribution in [3.8, 4) is 5.75 Å². The topological polar surface area (TPSA) is 34.2 Å². The van der Waals surface area contributed by atoms with Crippen molar-refractivity contribution in [3.63, 3.8) is 0 Å². The van der Waals surface area contributed by atoms with Crippen molar-refractivity contribution in [2.45, 2.75) is 50.3 Å². The molecule has 0 aliphatic heterocycles. The number of nitrogens with one attached hydrogen (secondary N) is 1. The number of ether oxygens (including phenoxy) is 1. The van der Waals surface area contributed by atoms with Gasteiger partial charge >= 0.3 is 0 Å². The molecule has 1 unspecified atom stereocenters. The van der Waals surface area contributed by atoms with E-state index in [2.05, 4.69) is 35.1 Å². The van der Waals surface area contributed by atoms with Gasteiger partial charge in [-0.15, -0.1) is 0 Å². The zero-order chi connectivity index (χ0) is 14.2. The van der Waals surface area contributed by atoms with Crippen LogP contribution in [0.2, 0.25) is 0 Å². The van der Waals surface area contributed by atoms with Gasteiger partial charge in [0, 0.05) is 23.2 Å². The van der Waals surface area contributed by atoms with Gasteiger partial charge in [-0.2, -0.15) is 11.8 Å². The van der Waals surface area contributed by atoms with Crippen molar-refractivity contribution >= 4 is 11.8 Å². The molecule has 1 heterocycles. The van der Waals surface area contributed by atoms with Crippen LogP contribution < -0.4 is 10.1 Å². The second kappa shape index (κ2) is 8.53. The van der Waals surface area contributed by atoms with Crippen LogP contribution in [0.3, 0.4) is 0 Å². The summed E-state index contributed by atoms with van der Waals surface area (Å²) in [5.41, 5.74) is 1.24. The van der Waals surface area contributed by atoms with Gasteiger partial charge in [0.15, 0.2) is 0 Å². The first-order valence-electron chi connectivity index (χ1n) is 7.67. The van der Waals surface area contributed by atoms with E-state index in [1.54, 1.807) is 13.3 Å². The van der Waals surface area contributed by atoms with Gasteiger partial charge in [0.1, 0.15) is 5.75 Å². The summed E-state index contributed by atoms with van der Waals surface area (Å²) < 4.78 is 5.29. The Hall–Kier alpha value is -0.740. The molecule has 0 amide bonds. The van der Waals surface area contributed by atoms with Crippen LogP contribution in [-0.4, -0.2) is 29.6 Å². The molecule has 1 fully saturated rings. The first-order chi connectivity index (χ1) is 9.83. The van der Waals surface area contributed by atoms with Gasteiger partial charge < -0.3 is 10.1 Å². The van der Waals surface area contributed by atoms with Crippen LogP contribution in [0.1, 0.15) is 50.6 Å². The van der Waals surface area contributed by atoms with Crippen molar-refractivity contribution in [1.29, 1.82) is 0 Å². The number of nitrogens with zero attached hydrogens (tertiary/aromatic N) is 1. The molecule has 0 aromatic carbocycles. The van der Waals surface area contributed by atoms with E-state index < -0.39 is 0 Å². The lowest BCUT2D eigenvalue weighted by atomic mass is 10.1. The largest absolute Gasteiger partial charge is 0.495 e. The quantitative estimate of drug-likeness (QED) is 0.790. The summed E-state index contributed by atoms with van der Waals surface area (Å²) in [6.07, 6.45) is 10.5. The molecule has 2 rings (SSSR count). The molecule has 1 aliphatic rings. The highest BCUT2D eigenvalue weighted by molar-refractivity contribution is 7.99. The number of rotatable bonds is 8. The zero-order valence-corrected chi connectivity index (χ0v) is 13.4. The summed E-state index contributed by atoms with van der Waals surface area (Å²) in [6, 6.07) is 2.48. The Labute approximate surface area is 126 Å². The van der Waals surface area contributed by atoms with Crippen LogP contribution in [0.5, 0.6) is 5.75 Å². The van der Waals surface area contributed by atoms with E-state index in [1.165, 1.54) is 31.2 Å². The molecule has 1 aliphatic carbocycles. The molecule has 1 aromatic heterocycles. The predicted octanol–water partition coefficient (Wildman–Crippen LogP) is 3.81. The molecule has 0 bridgehead atoms. The van der Waals surface area contributed by atoms with Crippen LogP contribution in [0.4, 0.5) is 0 Å². The lowest BCUT2D eigenvalue weighted by molar-refractivity contribution is 0.411. The molecule has 3 nitrogen and oxygen atoms in total. The summed E-state index contributed by atoms with van der Waals surface area (Å²) >= 11 is 2.12. The summed E-state index contributed by atoms with van der Waals surface area (Å²) in [6.45, 7) is 3.26. The summed E-state index contributed by atoms with van der Waals surface area (Å²) in [7, 11) is 1.70. The molecular formula is C16H26N2OS. The summed E-state index contributed by atoms with van der Waals surface area (Å²) in [5.74, 6) is 1.97. The van der Waals surface area contributed by atoms with Gasteiger partial charge in [-0.3, -0.25) is 4.98 Å². The Balaban J connectivity index is 1.97. The number of pyridine rings is 1. The van der Waals surface area contributed by atoms with E-state index in [1.807, 2.05) is 6.20 Å². The summed E-state index contributed by atoms with van der Waals surface area (Å²) in [4.78, 5) is 4.29. The fraction of sp³-hybridized carbons (Fsp3) is 0.688. The molecule has 4 heteroatoms. The molecule has 1 saturated carbocycles. The Morgan fingerprint density at radius 2 is 2.20 bits per heavy atom. The fourth-order valence-corrected chi connectivity index (χ4v) is 4.06. The molecule has 0 spiro atoms. The monoisotopic (exact) mass is 294 g/mol. The number of methoxy groups -OCH3 is 1. The second-order valence-electron chi connectivity index (χ2n) is 5.40. The summed E-state index contributed by atoms with van der Waals surface area (Å²) in [5, 5.41) is 4.51. The van der Waals surface area contributed by atoms with Crippen molar-refractivity contribution < 1.29 is 4.74 Å². The number of aromatic nitrogens is 1. The normalized spacial score (nSPS) is 17.3. The van der Waals surface area contributed by atoms with E-state index in [4.69, 9.17) is 4.74 Å². The molecule has 0 radical (unpaired) electrons. The van der Waals surface area contributed by atoms with Crippen LogP contribution in [0, 0.1) is 0 Å². The minimum atomic E-state index is 0.378. The molecule has 1 aromatic rings. The minimum Gasteiger partial charge on any atom is -0.495 e. The van der Waals surface area contributed by atoms with Gasteiger partial charge in [0.25, 0.3) is 0 Å².